The van der Waals surface area contributed by atoms with Crippen molar-refractivity contribution < 1.29 is 14.0 Å². The molecule has 2 amide bonds. The van der Waals surface area contributed by atoms with E-state index < -0.39 is 0 Å². The topological polar surface area (TPSA) is 66.6 Å². The van der Waals surface area contributed by atoms with E-state index in [0.717, 1.165) is 0 Å². The molecular weight excluding hydrogens is 309 g/mol. The number of nitrogens with two attached hydrogens (primary N) is 1. The Balaban J connectivity index is 0.00000242. The Morgan fingerprint density at radius 1 is 1.14 bits per heavy atom. The van der Waals surface area contributed by atoms with Gasteiger partial charge in [-0.2, -0.15) is 0 Å². The van der Waals surface area contributed by atoms with Crippen molar-refractivity contribution in [3.8, 4) is 0 Å². The smallest absolute Gasteiger partial charge is 0.253 e. The van der Waals surface area contributed by atoms with Crippen LogP contribution in [-0.2, 0) is 4.79 Å². The molecule has 1 fully saturated rings. The maximum atomic E-state index is 12.9. The lowest BCUT2D eigenvalue weighted by Crippen LogP contribution is -2.51. The molecule has 0 aliphatic carbocycles. The molecule has 1 aliphatic heterocycles. The number of carbonyl (C=O) groups is 2. The summed E-state index contributed by atoms with van der Waals surface area (Å²) in [5, 5.41) is 0. The van der Waals surface area contributed by atoms with E-state index >= 15 is 0 Å². The molecule has 1 aromatic rings. The third kappa shape index (κ3) is 4.68. The predicted molar refractivity (Wildman–Crippen MR) is 84.4 cm³/mol. The minimum Gasteiger partial charge on any atom is -0.339 e. The van der Waals surface area contributed by atoms with Crippen LogP contribution >= 0.6 is 12.4 Å². The monoisotopic (exact) mass is 329 g/mol. The summed E-state index contributed by atoms with van der Waals surface area (Å²) in [4.78, 5) is 27.6. The lowest BCUT2D eigenvalue weighted by molar-refractivity contribution is -0.132. The largest absolute Gasteiger partial charge is 0.339 e. The zero-order chi connectivity index (χ0) is 15.4. The van der Waals surface area contributed by atoms with Crippen LogP contribution in [-0.4, -0.2) is 53.8 Å². The van der Waals surface area contributed by atoms with Gasteiger partial charge in [0.15, 0.2) is 0 Å². The van der Waals surface area contributed by atoms with Gasteiger partial charge in [0.1, 0.15) is 5.82 Å². The van der Waals surface area contributed by atoms with Crippen LogP contribution in [0.3, 0.4) is 0 Å². The van der Waals surface area contributed by atoms with Gasteiger partial charge in [0, 0.05) is 44.2 Å². The van der Waals surface area contributed by atoms with E-state index in [2.05, 4.69) is 0 Å². The van der Waals surface area contributed by atoms with Gasteiger partial charge in [0.25, 0.3) is 5.91 Å². The Kier molecular flexibility index (Phi) is 6.77. The first-order chi connectivity index (χ1) is 9.97. The van der Waals surface area contributed by atoms with Crippen molar-refractivity contribution in [2.24, 2.45) is 5.73 Å². The number of piperazine rings is 1. The van der Waals surface area contributed by atoms with Gasteiger partial charge >= 0.3 is 0 Å². The van der Waals surface area contributed by atoms with Gasteiger partial charge in [-0.3, -0.25) is 9.59 Å². The summed E-state index contributed by atoms with van der Waals surface area (Å²) in [5.41, 5.74) is 6.09. The van der Waals surface area contributed by atoms with Crippen molar-refractivity contribution in [3.63, 3.8) is 0 Å². The highest BCUT2D eigenvalue weighted by molar-refractivity contribution is 5.94. The van der Waals surface area contributed by atoms with E-state index in [9.17, 15) is 14.0 Å². The number of nitrogens with zero attached hydrogens (tertiary/aromatic N) is 2. The van der Waals surface area contributed by atoms with E-state index in [1.165, 1.54) is 24.3 Å². The SMILES string of the molecule is CC(N)CC(=O)N1CCN(C(=O)c2ccc(F)cc2)CC1.Cl. The van der Waals surface area contributed by atoms with Crippen LogP contribution in [0.4, 0.5) is 4.39 Å². The predicted octanol–water partition coefficient (Wildman–Crippen LogP) is 1.27. The molecule has 2 rings (SSSR count). The standard InChI is InChI=1S/C15H20FN3O2.ClH/c1-11(17)10-14(20)18-6-8-19(9-7-18)15(21)12-2-4-13(16)5-3-12;/h2-5,11H,6-10,17H2,1H3;1H. The average Bonchev–Trinajstić information content (AvgIpc) is 2.47. The molecule has 0 aromatic heterocycles. The first-order valence-electron chi connectivity index (χ1n) is 7.05. The minimum atomic E-state index is -0.363. The molecule has 0 spiro atoms. The lowest BCUT2D eigenvalue weighted by Gasteiger charge is -2.35. The van der Waals surface area contributed by atoms with Gasteiger partial charge in [0.05, 0.1) is 0 Å². The third-order valence-electron chi connectivity index (χ3n) is 3.51. The second kappa shape index (κ2) is 8.10. The molecule has 122 valence electrons. The number of benzene rings is 1. The Morgan fingerprint density at radius 3 is 2.14 bits per heavy atom. The van der Waals surface area contributed by atoms with Gasteiger partial charge < -0.3 is 15.5 Å². The van der Waals surface area contributed by atoms with Crippen molar-refractivity contribution in [1.29, 1.82) is 0 Å². The van der Waals surface area contributed by atoms with Crippen molar-refractivity contribution in [2.75, 3.05) is 26.2 Å². The van der Waals surface area contributed by atoms with E-state index in [1.54, 1.807) is 16.7 Å². The number of hydrogen-bond acceptors (Lipinski definition) is 3. The summed E-state index contributed by atoms with van der Waals surface area (Å²) in [7, 11) is 0. The summed E-state index contributed by atoms with van der Waals surface area (Å²) in [6, 6.07) is 5.35. The van der Waals surface area contributed by atoms with E-state index in [-0.39, 0.29) is 36.1 Å². The summed E-state index contributed by atoms with van der Waals surface area (Å²) < 4.78 is 12.9. The normalized spacial score (nSPS) is 16.0. The molecule has 5 nitrogen and oxygen atoms in total. The molecule has 1 aliphatic rings. The molecule has 1 atom stereocenters. The van der Waals surface area contributed by atoms with E-state index in [4.69, 9.17) is 5.73 Å². The quantitative estimate of drug-likeness (QED) is 0.908. The molecule has 1 unspecified atom stereocenters. The Bertz CT molecular complexity index is 514. The van der Waals surface area contributed by atoms with E-state index in [0.29, 0.717) is 38.2 Å². The number of halogens is 2. The van der Waals surface area contributed by atoms with Gasteiger partial charge in [-0.05, 0) is 31.2 Å². The highest BCUT2D eigenvalue weighted by Gasteiger charge is 2.25. The zero-order valence-corrected chi connectivity index (χ0v) is 13.3. The molecule has 1 saturated heterocycles. The van der Waals surface area contributed by atoms with Crippen LogP contribution in [0.15, 0.2) is 24.3 Å². The fourth-order valence-electron chi connectivity index (χ4n) is 2.34. The van der Waals surface area contributed by atoms with E-state index in [1.807, 2.05) is 0 Å². The fourth-order valence-corrected chi connectivity index (χ4v) is 2.34. The Hall–Kier alpha value is -1.66. The van der Waals surface area contributed by atoms with Crippen LogP contribution < -0.4 is 5.73 Å². The molecule has 0 bridgehead atoms. The second-order valence-corrected chi connectivity index (χ2v) is 5.36. The molecule has 0 radical (unpaired) electrons. The van der Waals surface area contributed by atoms with Crippen LogP contribution in [0.2, 0.25) is 0 Å². The minimum absolute atomic E-state index is 0. The van der Waals surface area contributed by atoms with Crippen LogP contribution in [0.25, 0.3) is 0 Å². The highest BCUT2D eigenvalue weighted by atomic mass is 35.5. The van der Waals surface area contributed by atoms with Crippen LogP contribution in [0.5, 0.6) is 0 Å². The van der Waals surface area contributed by atoms with Gasteiger partial charge in [-0.15, -0.1) is 12.4 Å². The summed E-state index contributed by atoms with van der Waals surface area (Å²) >= 11 is 0. The molecule has 7 heteroatoms. The molecule has 22 heavy (non-hydrogen) atoms. The van der Waals surface area contributed by atoms with Crippen molar-refractivity contribution in [3.05, 3.63) is 35.6 Å². The Morgan fingerprint density at radius 2 is 1.64 bits per heavy atom. The molecule has 1 aromatic carbocycles. The number of rotatable bonds is 3. The second-order valence-electron chi connectivity index (χ2n) is 5.36. The van der Waals surface area contributed by atoms with Crippen molar-refractivity contribution in [2.45, 2.75) is 19.4 Å². The zero-order valence-electron chi connectivity index (χ0n) is 12.5. The molecular formula is C15H21ClFN3O2. The molecule has 1 heterocycles. The van der Waals surface area contributed by atoms with Gasteiger partial charge in [0.2, 0.25) is 5.91 Å². The van der Waals surface area contributed by atoms with Crippen molar-refractivity contribution in [1.82, 2.24) is 9.80 Å². The number of carbonyl (C=O) groups excluding carboxylic acids is 2. The molecule has 2 N–H and O–H groups in total. The summed E-state index contributed by atoms with van der Waals surface area (Å²) in [5.74, 6) is -0.467. The Labute approximate surface area is 135 Å². The first kappa shape index (κ1) is 18.4. The third-order valence-corrected chi connectivity index (χ3v) is 3.51. The van der Waals surface area contributed by atoms with Gasteiger partial charge in [-0.1, -0.05) is 0 Å². The molecule has 0 saturated carbocycles. The van der Waals surface area contributed by atoms with Gasteiger partial charge in [-0.25, -0.2) is 4.39 Å². The maximum absolute atomic E-state index is 12.9. The first-order valence-corrected chi connectivity index (χ1v) is 7.05. The summed E-state index contributed by atoms with van der Waals surface area (Å²) in [6.07, 6.45) is 0.325. The summed E-state index contributed by atoms with van der Waals surface area (Å²) in [6.45, 7) is 3.80. The highest BCUT2D eigenvalue weighted by Crippen LogP contribution is 2.11. The number of hydrogen-bond donors (Lipinski definition) is 1. The maximum Gasteiger partial charge on any atom is 0.253 e. The number of amides is 2. The van der Waals surface area contributed by atoms with Crippen LogP contribution in [0.1, 0.15) is 23.7 Å². The van der Waals surface area contributed by atoms with Crippen molar-refractivity contribution >= 4 is 24.2 Å². The fraction of sp³-hybridized carbons (Fsp3) is 0.467. The average molecular weight is 330 g/mol. The lowest BCUT2D eigenvalue weighted by atomic mass is 10.1. The van der Waals surface area contributed by atoms with Crippen LogP contribution in [0, 0.1) is 5.82 Å².